The molecule has 1 aromatic carbocycles. The Morgan fingerprint density at radius 2 is 1.97 bits per heavy atom. The summed E-state index contributed by atoms with van der Waals surface area (Å²) in [7, 11) is -3.95. The van der Waals surface area contributed by atoms with E-state index < -0.39 is 35.0 Å². The molecule has 0 aliphatic carbocycles. The molecule has 1 fully saturated rings. The van der Waals surface area contributed by atoms with Gasteiger partial charge in [-0.2, -0.15) is 0 Å². The summed E-state index contributed by atoms with van der Waals surface area (Å²) in [5, 5.41) is 2.14. The van der Waals surface area contributed by atoms with Crippen molar-refractivity contribution in [2.24, 2.45) is 0 Å². The van der Waals surface area contributed by atoms with Gasteiger partial charge in [0, 0.05) is 6.07 Å². The van der Waals surface area contributed by atoms with Crippen molar-refractivity contribution < 1.29 is 35.9 Å². The van der Waals surface area contributed by atoms with Crippen LogP contribution in [0, 0.1) is 0 Å². The van der Waals surface area contributed by atoms with Crippen LogP contribution >= 0.6 is 0 Å². The molecule has 1 aliphatic heterocycles. The number of imide groups is 1. The standard InChI is InChI=1S/C17H17F2N3O6S/c18-15(19)10-27-11-2-1-3-14(6-11)29(25,26)20-7-12-4-5-13(28-12)8-22-9-16(23)21-17(22)24/h1-6,15,20H,7-10H2,(H,21,23,24). The van der Waals surface area contributed by atoms with Gasteiger partial charge in [-0.15, -0.1) is 0 Å². The number of amides is 3. The van der Waals surface area contributed by atoms with Crippen molar-refractivity contribution in [3.63, 3.8) is 0 Å². The monoisotopic (exact) mass is 429 g/mol. The number of furan rings is 1. The van der Waals surface area contributed by atoms with Crippen LogP contribution in [0.2, 0.25) is 0 Å². The quantitative estimate of drug-likeness (QED) is 0.583. The van der Waals surface area contributed by atoms with Gasteiger partial charge >= 0.3 is 6.03 Å². The molecule has 1 aliphatic rings. The molecule has 9 nitrogen and oxygen atoms in total. The van der Waals surface area contributed by atoms with E-state index in [4.69, 9.17) is 9.15 Å². The van der Waals surface area contributed by atoms with E-state index in [0.717, 1.165) is 6.07 Å². The van der Waals surface area contributed by atoms with Crippen LogP contribution in [0.3, 0.4) is 0 Å². The van der Waals surface area contributed by atoms with Gasteiger partial charge in [0.2, 0.25) is 15.9 Å². The SMILES string of the molecule is O=C1CN(Cc2ccc(CNS(=O)(=O)c3cccc(OCC(F)F)c3)o2)C(=O)N1. The predicted octanol–water partition coefficient (Wildman–Crippen LogP) is 1.45. The lowest BCUT2D eigenvalue weighted by Gasteiger charge is -2.10. The molecule has 3 rings (SSSR count). The van der Waals surface area contributed by atoms with Gasteiger partial charge in [-0.25, -0.2) is 26.7 Å². The highest BCUT2D eigenvalue weighted by molar-refractivity contribution is 7.89. The lowest BCUT2D eigenvalue weighted by atomic mass is 10.3. The molecule has 0 radical (unpaired) electrons. The Hall–Kier alpha value is -2.99. The molecule has 1 saturated heterocycles. The maximum Gasteiger partial charge on any atom is 0.324 e. The van der Waals surface area contributed by atoms with E-state index in [9.17, 15) is 26.8 Å². The van der Waals surface area contributed by atoms with Crippen LogP contribution in [0.15, 0.2) is 45.7 Å². The number of ether oxygens (including phenoxy) is 1. The number of carbonyl (C=O) groups excluding carboxylic acids is 2. The van der Waals surface area contributed by atoms with Gasteiger partial charge in [-0.1, -0.05) is 6.07 Å². The fraction of sp³-hybridized carbons (Fsp3) is 0.294. The van der Waals surface area contributed by atoms with Gasteiger partial charge < -0.3 is 14.1 Å². The number of carbonyl (C=O) groups is 2. The Morgan fingerprint density at radius 1 is 1.21 bits per heavy atom. The normalized spacial score (nSPS) is 14.5. The van der Waals surface area contributed by atoms with Crippen molar-refractivity contribution in [2.45, 2.75) is 24.4 Å². The first-order chi connectivity index (χ1) is 13.7. The van der Waals surface area contributed by atoms with E-state index in [2.05, 4.69) is 10.0 Å². The van der Waals surface area contributed by atoms with Crippen molar-refractivity contribution in [1.82, 2.24) is 14.9 Å². The Balaban J connectivity index is 1.59. The molecule has 12 heteroatoms. The fourth-order valence-electron chi connectivity index (χ4n) is 2.54. The van der Waals surface area contributed by atoms with Crippen LogP contribution in [-0.2, 0) is 27.9 Å². The van der Waals surface area contributed by atoms with Crippen LogP contribution in [0.5, 0.6) is 5.75 Å². The average molecular weight is 429 g/mol. The van der Waals surface area contributed by atoms with E-state index in [-0.39, 0.29) is 30.3 Å². The van der Waals surface area contributed by atoms with Gasteiger partial charge in [0.05, 0.1) is 18.0 Å². The molecule has 2 N–H and O–H groups in total. The van der Waals surface area contributed by atoms with Gasteiger partial charge in [0.15, 0.2) is 0 Å². The summed E-state index contributed by atoms with van der Waals surface area (Å²) in [4.78, 5) is 23.8. The van der Waals surface area contributed by atoms with Crippen LogP contribution in [0.1, 0.15) is 11.5 Å². The zero-order valence-corrected chi connectivity index (χ0v) is 15.7. The second-order valence-corrected chi connectivity index (χ2v) is 7.85. The minimum Gasteiger partial charge on any atom is -0.488 e. The molecule has 2 aromatic rings. The highest BCUT2D eigenvalue weighted by Crippen LogP contribution is 2.19. The Labute approximate surface area is 164 Å². The number of nitrogens with one attached hydrogen (secondary N) is 2. The largest absolute Gasteiger partial charge is 0.488 e. The molecular formula is C17H17F2N3O6S. The third-order valence-electron chi connectivity index (χ3n) is 3.86. The maximum atomic E-state index is 12.4. The summed E-state index contributed by atoms with van der Waals surface area (Å²) in [6.45, 7) is -1.03. The zero-order chi connectivity index (χ0) is 21.0. The fourth-order valence-corrected chi connectivity index (χ4v) is 3.57. The predicted molar refractivity (Wildman–Crippen MR) is 94.6 cm³/mol. The second kappa shape index (κ2) is 8.57. The van der Waals surface area contributed by atoms with Gasteiger partial charge in [0.25, 0.3) is 6.43 Å². The number of hydrogen-bond acceptors (Lipinski definition) is 6. The molecule has 156 valence electrons. The Morgan fingerprint density at radius 3 is 2.66 bits per heavy atom. The van der Waals surface area contributed by atoms with Crippen LogP contribution < -0.4 is 14.8 Å². The van der Waals surface area contributed by atoms with E-state index in [1.165, 1.54) is 29.2 Å². The van der Waals surface area contributed by atoms with Crippen molar-refractivity contribution in [2.75, 3.05) is 13.2 Å². The maximum absolute atomic E-state index is 12.4. The van der Waals surface area contributed by atoms with Gasteiger partial charge in [-0.3, -0.25) is 10.1 Å². The van der Waals surface area contributed by atoms with Crippen LogP contribution in [0.25, 0.3) is 0 Å². The molecule has 0 unspecified atom stereocenters. The number of alkyl halides is 2. The average Bonchev–Trinajstić information content (AvgIpc) is 3.24. The highest BCUT2D eigenvalue weighted by Gasteiger charge is 2.27. The molecule has 0 bridgehead atoms. The van der Waals surface area contributed by atoms with Crippen molar-refractivity contribution in [3.8, 4) is 5.75 Å². The molecule has 0 spiro atoms. The summed E-state index contributed by atoms with van der Waals surface area (Å²) < 4.78 is 61.9. The minimum atomic E-state index is -3.95. The summed E-state index contributed by atoms with van der Waals surface area (Å²) >= 11 is 0. The molecule has 2 heterocycles. The molecule has 0 saturated carbocycles. The number of hydrogen-bond donors (Lipinski definition) is 2. The first-order valence-corrected chi connectivity index (χ1v) is 9.88. The number of urea groups is 1. The number of benzene rings is 1. The van der Waals surface area contributed by atoms with Gasteiger partial charge in [-0.05, 0) is 24.3 Å². The van der Waals surface area contributed by atoms with Gasteiger partial charge in [0.1, 0.15) is 30.4 Å². The van der Waals surface area contributed by atoms with Crippen LogP contribution in [0.4, 0.5) is 13.6 Å². The van der Waals surface area contributed by atoms with Crippen molar-refractivity contribution >= 4 is 22.0 Å². The first kappa shape index (κ1) is 20.7. The van der Waals surface area contributed by atoms with Crippen molar-refractivity contribution in [1.29, 1.82) is 0 Å². The number of rotatable bonds is 9. The number of nitrogens with zero attached hydrogens (tertiary/aromatic N) is 1. The molecule has 0 atom stereocenters. The number of sulfonamides is 1. The molecule has 3 amide bonds. The second-order valence-electron chi connectivity index (χ2n) is 6.08. The third kappa shape index (κ3) is 5.51. The lowest BCUT2D eigenvalue weighted by molar-refractivity contribution is -0.118. The molecule has 1 aromatic heterocycles. The van der Waals surface area contributed by atoms with E-state index in [1.54, 1.807) is 6.07 Å². The smallest absolute Gasteiger partial charge is 0.324 e. The zero-order valence-electron chi connectivity index (χ0n) is 14.9. The molecule has 29 heavy (non-hydrogen) atoms. The van der Waals surface area contributed by atoms with Crippen LogP contribution in [-0.4, -0.2) is 44.8 Å². The third-order valence-corrected chi connectivity index (χ3v) is 5.26. The van der Waals surface area contributed by atoms with E-state index >= 15 is 0 Å². The van der Waals surface area contributed by atoms with E-state index in [0.29, 0.717) is 11.5 Å². The minimum absolute atomic E-state index is 0.00639. The summed E-state index contributed by atoms with van der Waals surface area (Å²) in [6, 6.07) is 7.77. The summed E-state index contributed by atoms with van der Waals surface area (Å²) in [6.07, 6.45) is -2.67. The summed E-state index contributed by atoms with van der Waals surface area (Å²) in [5.74, 6) is 0.271. The Kier molecular flexibility index (Phi) is 6.13. The molecular weight excluding hydrogens is 412 g/mol. The first-order valence-electron chi connectivity index (χ1n) is 8.40. The highest BCUT2D eigenvalue weighted by atomic mass is 32.2. The topological polar surface area (TPSA) is 118 Å². The number of halogens is 2. The van der Waals surface area contributed by atoms with Crippen molar-refractivity contribution in [3.05, 3.63) is 47.9 Å². The lowest BCUT2D eigenvalue weighted by Crippen LogP contribution is -2.27. The van der Waals surface area contributed by atoms with E-state index in [1.807, 2.05) is 0 Å². The Bertz CT molecular complexity index is 1010. The summed E-state index contributed by atoms with van der Waals surface area (Å²) in [5.41, 5.74) is 0.